The molecule has 1 rings (SSSR count). The summed E-state index contributed by atoms with van der Waals surface area (Å²) in [5.41, 5.74) is 0. The molecule has 0 aliphatic heterocycles. The third-order valence-electron chi connectivity index (χ3n) is 3.52. The third kappa shape index (κ3) is 6.51. The molecule has 0 spiro atoms. The first-order chi connectivity index (χ1) is 9.49. The molecule has 0 heterocycles. The van der Waals surface area contributed by atoms with E-state index in [4.69, 9.17) is 5.11 Å². The summed E-state index contributed by atoms with van der Waals surface area (Å²) in [5, 5.41) is 13.1. The van der Waals surface area contributed by atoms with E-state index in [2.05, 4.69) is 15.5 Å². The summed E-state index contributed by atoms with van der Waals surface area (Å²) >= 11 is 0. The number of rotatable bonds is 7. The van der Waals surface area contributed by atoms with Gasteiger partial charge in [0.2, 0.25) is 5.91 Å². The first kappa shape index (κ1) is 16.4. The zero-order chi connectivity index (χ0) is 15.0. The number of carboxylic acid groups (broad SMARTS) is 1. The number of carbonyl (C=O) groups excluding carboxylic acids is 2. The Morgan fingerprint density at radius 2 is 1.85 bits per heavy atom. The lowest BCUT2D eigenvalue weighted by atomic mass is 10.2. The van der Waals surface area contributed by atoms with Crippen LogP contribution in [0.1, 0.15) is 38.5 Å². The highest BCUT2D eigenvalue weighted by Gasteiger charge is 2.19. The number of carboxylic acids is 1. The largest absolute Gasteiger partial charge is 0.481 e. The minimum atomic E-state index is -1.06. The van der Waals surface area contributed by atoms with Crippen LogP contribution in [0.25, 0.3) is 0 Å². The lowest BCUT2D eigenvalue weighted by Gasteiger charge is -2.23. The van der Waals surface area contributed by atoms with E-state index in [1.54, 1.807) is 0 Å². The number of likely N-dealkylation sites (N-methyl/N-ethyl adjacent to an activating group) is 1. The van der Waals surface area contributed by atoms with Crippen LogP contribution >= 0.6 is 0 Å². The van der Waals surface area contributed by atoms with E-state index in [-0.39, 0.29) is 12.8 Å². The van der Waals surface area contributed by atoms with Gasteiger partial charge in [-0.25, -0.2) is 4.79 Å². The van der Waals surface area contributed by atoms with Crippen LogP contribution in [0.15, 0.2) is 0 Å². The first-order valence-electron chi connectivity index (χ1n) is 6.98. The number of urea groups is 1. The van der Waals surface area contributed by atoms with Crippen molar-refractivity contribution in [3.8, 4) is 0 Å². The Morgan fingerprint density at radius 1 is 1.20 bits per heavy atom. The zero-order valence-electron chi connectivity index (χ0n) is 11.9. The summed E-state index contributed by atoms with van der Waals surface area (Å²) in [5.74, 6) is -1.63. The van der Waals surface area contributed by atoms with Crippen molar-refractivity contribution in [2.45, 2.75) is 44.6 Å². The fourth-order valence-electron chi connectivity index (χ4n) is 2.33. The summed E-state index contributed by atoms with van der Waals surface area (Å²) in [6.45, 7) is 1.20. The van der Waals surface area contributed by atoms with Crippen LogP contribution < -0.4 is 10.6 Å². The normalized spacial score (nSPS) is 15.3. The second-order valence-corrected chi connectivity index (χ2v) is 5.12. The molecule has 0 atom stereocenters. The fraction of sp³-hybridized carbons (Fsp3) is 0.769. The Morgan fingerprint density at radius 3 is 2.45 bits per heavy atom. The Balaban J connectivity index is 2.10. The zero-order valence-corrected chi connectivity index (χ0v) is 11.9. The molecule has 3 amide bonds. The van der Waals surface area contributed by atoms with Gasteiger partial charge in [-0.05, 0) is 19.9 Å². The van der Waals surface area contributed by atoms with Crippen molar-refractivity contribution in [3.63, 3.8) is 0 Å². The van der Waals surface area contributed by atoms with Crippen LogP contribution in [0.5, 0.6) is 0 Å². The lowest BCUT2D eigenvalue weighted by molar-refractivity contribution is -0.138. The number of hydrogen-bond donors (Lipinski definition) is 3. The maximum absolute atomic E-state index is 11.4. The van der Waals surface area contributed by atoms with E-state index >= 15 is 0 Å². The molecule has 0 saturated heterocycles. The molecule has 1 fully saturated rings. The smallest absolute Gasteiger partial charge is 0.321 e. The third-order valence-corrected chi connectivity index (χ3v) is 3.52. The number of imide groups is 1. The van der Waals surface area contributed by atoms with Crippen molar-refractivity contribution in [1.82, 2.24) is 15.5 Å². The van der Waals surface area contributed by atoms with Crippen LogP contribution in [0.4, 0.5) is 4.79 Å². The van der Waals surface area contributed by atoms with E-state index in [1.165, 1.54) is 25.7 Å². The molecule has 1 aliphatic carbocycles. The summed E-state index contributed by atoms with van der Waals surface area (Å²) in [4.78, 5) is 35.1. The maximum atomic E-state index is 11.4. The Kier molecular flexibility index (Phi) is 7.00. The highest BCUT2D eigenvalue weighted by molar-refractivity contribution is 5.95. The molecule has 0 aromatic heterocycles. The van der Waals surface area contributed by atoms with Crippen LogP contribution in [0.2, 0.25) is 0 Å². The maximum Gasteiger partial charge on any atom is 0.321 e. The molecule has 20 heavy (non-hydrogen) atoms. The number of hydrogen-bond acceptors (Lipinski definition) is 4. The van der Waals surface area contributed by atoms with Gasteiger partial charge in [-0.2, -0.15) is 0 Å². The molecular weight excluding hydrogens is 262 g/mol. The van der Waals surface area contributed by atoms with Gasteiger partial charge in [0.15, 0.2) is 0 Å². The van der Waals surface area contributed by atoms with Crippen LogP contribution in [-0.2, 0) is 9.59 Å². The number of aliphatic carboxylic acids is 1. The van der Waals surface area contributed by atoms with Gasteiger partial charge in [-0.3, -0.25) is 14.9 Å². The van der Waals surface area contributed by atoms with Crippen molar-refractivity contribution in [3.05, 3.63) is 0 Å². The fourth-order valence-corrected chi connectivity index (χ4v) is 2.33. The lowest BCUT2D eigenvalue weighted by Crippen LogP contribution is -2.43. The van der Waals surface area contributed by atoms with Gasteiger partial charge in [0.25, 0.3) is 0 Å². The Bertz CT molecular complexity index is 354. The molecule has 1 aliphatic rings. The van der Waals surface area contributed by atoms with Crippen molar-refractivity contribution >= 4 is 17.9 Å². The second-order valence-electron chi connectivity index (χ2n) is 5.12. The molecule has 0 aromatic rings. The second kappa shape index (κ2) is 8.52. The predicted molar refractivity (Wildman–Crippen MR) is 73.3 cm³/mol. The summed E-state index contributed by atoms with van der Waals surface area (Å²) < 4.78 is 0. The SMILES string of the molecule is CN(CCNC(=O)NC(=O)CCC(=O)O)C1CCCC1. The molecule has 0 unspecified atom stereocenters. The van der Waals surface area contributed by atoms with E-state index < -0.39 is 17.9 Å². The van der Waals surface area contributed by atoms with Gasteiger partial charge in [-0.15, -0.1) is 0 Å². The van der Waals surface area contributed by atoms with Crippen molar-refractivity contribution in [1.29, 1.82) is 0 Å². The predicted octanol–water partition coefficient (Wildman–Crippen LogP) is 0.551. The van der Waals surface area contributed by atoms with Gasteiger partial charge in [0, 0.05) is 25.6 Å². The number of amides is 3. The van der Waals surface area contributed by atoms with Crippen molar-refractivity contribution < 1.29 is 19.5 Å². The molecule has 0 aromatic carbocycles. The Labute approximate surface area is 118 Å². The van der Waals surface area contributed by atoms with Crippen LogP contribution in [0.3, 0.4) is 0 Å². The van der Waals surface area contributed by atoms with Gasteiger partial charge < -0.3 is 15.3 Å². The number of nitrogens with zero attached hydrogens (tertiary/aromatic N) is 1. The summed E-state index contributed by atoms with van der Waals surface area (Å²) in [6, 6.07) is 0.0253. The molecule has 7 heteroatoms. The standard InChI is InChI=1S/C13H23N3O4/c1-16(10-4-2-3-5-10)9-8-14-13(20)15-11(17)6-7-12(18)19/h10H,2-9H2,1H3,(H,18,19)(H2,14,15,17,20). The minimum absolute atomic E-state index is 0.190. The van der Waals surface area contributed by atoms with Gasteiger partial charge in [0.1, 0.15) is 0 Å². The molecule has 7 nitrogen and oxygen atoms in total. The number of nitrogens with one attached hydrogen (secondary N) is 2. The Hall–Kier alpha value is -1.63. The van der Waals surface area contributed by atoms with Crippen molar-refractivity contribution in [2.24, 2.45) is 0 Å². The molecule has 3 N–H and O–H groups in total. The van der Waals surface area contributed by atoms with Gasteiger partial charge in [0.05, 0.1) is 6.42 Å². The molecule has 0 radical (unpaired) electrons. The highest BCUT2D eigenvalue weighted by atomic mass is 16.4. The average Bonchev–Trinajstić information content (AvgIpc) is 2.90. The molecule has 1 saturated carbocycles. The van der Waals surface area contributed by atoms with Crippen LogP contribution in [-0.4, -0.2) is 54.1 Å². The monoisotopic (exact) mass is 285 g/mol. The summed E-state index contributed by atoms with van der Waals surface area (Å²) in [6.07, 6.45) is 4.48. The quantitative estimate of drug-likeness (QED) is 0.634. The van der Waals surface area contributed by atoms with E-state index in [9.17, 15) is 14.4 Å². The first-order valence-corrected chi connectivity index (χ1v) is 6.98. The summed E-state index contributed by atoms with van der Waals surface area (Å²) in [7, 11) is 2.04. The van der Waals surface area contributed by atoms with Gasteiger partial charge in [-0.1, -0.05) is 12.8 Å². The highest BCUT2D eigenvalue weighted by Crippen LogP contribution is 2.21. The average molecular weight is 285 g/mol. The van der Waals surface area contributed by atoms with Crippen molar-refractivity contribution in [2.75, 3.05) is 20.1 Å². The molecule has 0 bridgehead atoms. The van der Waals surface area contributed by atoms with Gasteiger partial charge >= 0.3 is 12.0 Å². The van der Waals surface area contributed by atoms with E-state index in [0.717, 1.165) is 6.54 Å². The number of carbonyl (C=O) groups is 3. The molecular formula is C13H23N3O4. The van der Waals surface area contributed by atoms with E-state index in [1.807, 2.05) is 7.05 Å². The molecule has 114 valence electrons. The van der Waals surface area contributed by atoms with E-state index in [0.29, 0.717) is 12.6 Å². The van der Waals surface area contributed by atoms with Crippen LogP contribution in [0, 0.1) is 0 Å². The topological polar surface area (TPSA) is 98.7 Å². The minimum Gasteiger partial charge on any atom is -0.481 e.